The molecule has 0 aliphatic rings. The van der Waals surface area contributed by atoms with Gasteiger partial charge in [0.25, 0.3) is 11.6 Å². The van der Waals surface area contributed by atoms with Gasteiger partial charge in [-0.05, 0) is 35.9 Å². The van der Waals surface area contributed by atoms with Crippen LogP contribution in [0.2, 0.25) is 5.02 Å². The summed E-state index contributed by atoms with van der Waals surface area (Å²) in [4.78, 5) is 27.1. The summed E-state index contributed by atoms with van der Waals surface area (Å²) in [5.74, 6) is 0.0342. The van der Waals surface area contributed by atoms with Crippen molar-refractivity contribution in [2.75, 3.05) is 0 Å². The second kappa shape index (κ2) is 7.73. The average molecular weight is 408 g/mol. The zero-order valence-corrected chi connectivity index (χ0v) is 15.7. The van der Waals surface area contributed by atoms with Crippen molar-refractivity contribution in [3.05, 3.63) is 93.0 Å². The number of nitro groups is 1. The largest absolute Gasteiger partial charge is 0.436 e. The number of non-ortho nitro benzene ring substituents is 1. The van der Waals surface area contributed by atoms with Crippen molar-refractivity contribution in [1.29, 1.82) is 0 Å². The minimum Gasteiger partial charge on any atom is -0.436 e. The number of oxazole rings is 1. The normalized spacial score (nSPS) is 10.8. The van der Waals surface area contributed by atoms with E-state index in [1.807, 2.05) is 48.5 Å². The molecule has 0 bridgehead atoms. The van der Waals surface area contributed by atoms with E-state index in [0.29, 0.717) is 11.5 Å². The molecular weight excluding hydrogens is 394 g/mol. The maximum Gasteiger partial charge on any atom is 0.270 e. The fourth-order valence-electron chi connectivity index (χ4n) is 2.84. The highest BCUT2D eigenvalue weighted by Gasteiger charge is 2.15. The van der Waals surface area contributed by atoms with E-state index in [-0.39, 0.29) is 22.8 Å². The second-order valence-electron chi connectivity index (χ2n) is 6.29. The number of amides is 1. The third kappa shape index (κ3) is 3.95. The van der Waals surface area contributed by atoms with E-state index in [1.54, 1.807) is 0 Å². The first-order chi connectivity index (χ1) is 14.0. The number of hydrogen-bond donors (Lipinski definition) is 1. The molecule has 0 spiro atoms. The van der Waals surface area contributed by atoms with Gasteiger partial charge in [0.15, 0.2) is 5.58 Å². The molecule has 1 amide bonds. The summed E-state index contributed by atoms with van der Waals surface area (Å²) in [5, 5.41) is 13.8. The van der Waals surface area contributed by atoms with Gasteiger partial charge in [0.1, 0.15) is 5.52 Å². The Morgan fingerprint density at radius 1 is 1.10 bits per heavy atom. The lowest BCUT2D eigenvalue weighted by Crippen LogP contribution is -2.23. The number of fused-ring (bicyclic) bond motifs is 1. The molecule has 0 aliphatic heterocycles. The Labute approximate surface area is 170 Å². The van der Waals surface area contributed by atoms with Crippen LogP contribution < -0.4 is 5.32 Å². The summed E-state index contributed by atoms with van der Waals surface area (Å²) >= 11 is 6.00. The van der Waals surface area contributed by atoms with E-state index in [4.69, 9.17) is 16.0 Å². The van der Waals surface area contributed by atoms with E-state index in [9.17, 15) is 14.9 Å². The van der Waals surface area contributed by atoms with Crippen LogP contribution in [-0.2, 0) is 6.54 Å². The van der Waals surface area contributed by atoms with Gasteiger partial charge < -0.3 is 9.73 Å². The van der Waals surface area contributed by atoms with Gasteiger partial charge in [-0.1, -0.05) is 35.9 Å². The van der Waals surface area contributed by atoms with Gasteiger partial charge in [0.05, 0.1) is 15.5 Å². The number of rotatable bonds is 5. The maximum absolute atomic E-state index is 12.4. The molecule has 0 fully saturated rings. The Balaban J connectivity index is 1.46. The molecule has 3 aromatic carbocycles. The quantitative estimate of drug-likeness (QED) is 0.371. The van der Waals surface area contributed by atoms with Crippen LogP contribution in [0.5, 0.6) is 0 Å². The molecular formula is C21H14ClN3O4. The van der Waals surface area contributed by atoms with E-state index >= 15 is 0 Å². The monoisotopic (exact) mass is 407 g/mol. The summed E-state index contributed by atoms with van der Waals surface area (Å²) in [6, 6.07) is 18.7. The smallest absolute Gasteiger partial charge is 0.270 e. The molecule has 1 aromatic heterocycles. The fraction of sp³-hybridized carbons (Fsp3) is 0.0476. The van der Waals surface area contributed by atoms with Crippen molar-refractivity contribution < 1.29 is 14.1 Å². The number of nitrogens with one attached hydrogen (secondary N) is 1. The molecule has 8 heteroatoms. The van der Waals surface area contributed by atoms with Gasteiger partial charge >= 0.3 is 0 Å². The van der Waals surface area contributed by atoms with Gasteiger partial charge in [-0.15, -0.1) is 0 Å². The molecule has 29 heavy (non-hydrogen) atoms. The average Bonchev–Trinajstić information content (AvgIpc) is 3.17. The topological polar surface area (TPSA) is 98.3 Å². The Bertz CT molecular complexity index is 1190. The number of benzene rings is 3. The third-order valence-electron chi connectivity index (χ3n) is 4.35. The number of para-hydroxylation sites is 2. The molecule has 144 valence electrons. The number of carbonyl (C=O) groups is 1. The van der Waals surface area contributed by atoms with Gasteiger partial charge in [-0.3, -0.25) is 14.9 Å². The van der Waals surface area contributed by atoms with Crippen molar-refractivity contribution in [1.82, 2.24) is 10.3 Å². The van der Waals surface area contributed by atoms with Crippen LogP contribution in [0.3, 0.4) is 0 Å². The van der Waals surface area contributed by atoms with Crippen molar-refractivity contribution in [3.63, 3.8) is 0 Å². The fourth-order valence-corrected chi connectivity index (χ4v) is 3.04. The molecule has 0 unspecified atom stereocenters. The zero-order chi connectivity index (χ0) is 20.4. The molecule has 4 aromatic rings. The molecule has 0 saturated carbocycles. The lowest BCUT2D eigenvalue weighted by molar-refractivity contribution is -0.384. The molecule has 0 aliphatic carbocycles. The molecule has 1 heterocycles. The summed E-state index contributed by atoms with van der Waals surface area (Å²) in [6.07, 6.45) is 0. The standard InChI is InChI=1S/C21H14ClN3O4/c22-17-10-9-15(25(27)28)11-16(17)20(26)23-12-13-5-7-14(8-6-13)21-24-18-3-1-2-4-19(18)29-21/h1-11H,12H2,(H,23,26). The minimum absolute atomic E-state index is 0.0592. The predicted molar refractivity (Wildman–Crippen MR) is 109 cm³/mol. The van der Waals surface area contributed by atoms with E-state index in [1.165, 1.54) is 12.1 Å². The molecule has 4 rings (SSSR count). The van der Waals surface area contributed by atoms with Crippen molar-refractivity contribution in [2.45, 2.75) is 6.54 Å². The number of carbonyl (C=O) groups excluding carboxylic acids is 1. The van der Waals surface area contributed by atoms with Crippen LogP contribution in [0.1, 0.15) is 15.9 Å². The molecule has 7 nitrogen and oxygen atoms in total. The number of nitro benzene ring substituents is 1. The van der Waals surface area contributed by atoms with Gasteiger partial charge in [0, 0.05) is 24.2 Å². The first kappa shape index (κ1) is 18.6. The molecule has 1 N–H and O–H groups in total. The molecule has 0 saturated heterocycles. The number of halogens is 1. The van der Waals surface area contributed by atoms with Gasteiger partial charge in [-0.25, -0.2) is 4.98 Å². The first-order valence-electron chi connectivity index (χ1n) is 8.68. The number of hydrogen-bond acceptors (Lipinski definition) is 5. The molecule has 0 atom stereocenters. The van der Waals surface area contributed by atoms with Crippen LogP contribution in [0.15, 0.2) is 71.1 Å². The highest BCUT2D eigenvalue weighted by molar-refractivity contribution is 6.33. The first-order valence-corrected chi connectivity index (χ1v) is 9.06. The SMILES string of the molecule is O=C(NCc1ccc(-c2nc3ccccc3o2)cc1)c1cc([N+](=O)[O-])ccc1Cl. The Hall–Kier alpha value is -3.71. The second-order valence-corrected chi connectivity index (χ2v) is 6.69. The Morgan fingerprint density at radius 2 is 1.86 bits per heavy atom. The number of nitrogens with zero attached hydrogens (tertiary/aromatic N) is 2. The van der Waals surface area contributed by atoms with Crippen LogP contribution in [0, 0.1) is 10.1 Å². The summed E-state index contributed by atoms with van der Waals surface area (Å²) in [7, 11) is 0. The highest BCUT2D eigenvalue weighted by atomic mass is 35.5. The van der Waals surface area contributed by atoms with Crippen LogP contribution >= 0.6 is 11.6 Å². The van der Waals surface area contributed by atoms with Crippen molar-refractivity contribution in [3.8, 4) is 11.5 Å². The van der Waals surface area contributed by atoms with Crippen LogP contribution in [-0.4, -0.2) is 15.8 Å². The maximum atomic E-state index is 12.4. The summed E-state index contributed by atoms with van der Waals surface area (Å²) in [6.45, 7) is 0.242. The molecule has 0 radical (unpaired) electrons. The van der Waals surface area contributed by atoms with Crippen molar-refractivity contribution >= 4 is 34.3 Å². The van der Waals surface area contributed by atoms with Crippen LogP contribution in [0.4, 0.5) is 5.69 Å². The van der Waals surface area contributed by atoms with Gasteiger partial charge in [-0.2, -0.15) is 0 Å². The van der Waals surface area contributed by atoms with Gasteiger partial charge in [0.2, 0.25) is 5.89 Å². The third-order valence-corrected chi connectivity index (χ3v) is 4.68. The summed E-state index contributed by atoms with van der Waals surface area (Å²) in [5.41, 5.74) is 3.03. The van der Waals surface area contributed by atoms with E-state index in [2.05, 4.69) is 10.3 Å². The Morgan fingerprint density at radius 3 is 2.59 bits per heavy atom. The van der Waals surface area contributed by atoms with E-state index < -0.39 is 10.8 Å². The number of aromatic nitrogens is 1. The predicted octanol–water partition coefficient (Wildman–Crippen LogP) is 4.99. The lowest BCUT2D eigenvalue weighted by atomic mass is 10.1. The highest BCUT2D eigenvalue weighted by Crippen LogP contribution is 2.25. The summed E-state index contributed by atoms with van der Waals surface area (Å²) < 4.78 is 5.74. The van der Waals surface area contributed by atoms with E-state index in [0.717, 1.165) is 22.7 Å². The lowest BCUT2D eigenvalue weighted by Gasteiger charge is -2.07. The zero-order valence-electron chi connectivity index (χ0n) is 15.0. The Kier molecular flexibility index (Phi) is 4.97. The van der Waals surface area contributed by atoms with Crippen molar-refractivity contribution in [2.24, 2.45) is 0 Å². The minimum atomic E-state index is -0.571. The van der Waals surface area contributed by atoms with Crippen LogP contribution in [0.25, 0.3) is 22.6 Å².